The van der Waals surface area contributed by atoms with Crippen LogP contribution in [0.2, 0.25) is 0 Å². The van der Waals surface area contributed by atoms with E-state index in [1.54, 1.807) is 0 Å². The molecule has 3 atom stereocenters. The summed E-state index contributed by atoms with van der Waals surface area (Å²) in [6, 6.07) is 0. The van der Waals surface area contributed by atoms with Crippen molar-refractivity contribution in [1.29, 1.82) is 0 Å². The third-order valence-electron chi connectivity index (χ3n) is 2.83. The third kappa shape index (κ3) is 0.710. The van der Waals surface area contributed by atoms with Gasteiger partial charge in [0, 0.05) is 6.42 Å². The van der Waals surface area contributed by atoms with Gasteiger partial charge in [0.15, 0.2) is 0 Å². The van der Waals surface area contributed by atoms with Crippen molar-refractivity contribution in [3.8, 4) is 0 Å². The molecule has 1 heteroatoms. The first kappa shape index (κ1) is 5.72. The van der Waals surface area contributed by atoms with Gasteiger partial charge in [0.1, 0.15) is 0 Å². The Bertz CT molecular complexity index is 119. The largest absolute Gasteiger partial charge is 0.372 e. The number of fused-ring (bicyclic) bond motifs is 2. The second kappa shape index (κ2) is 1.51. The molecular formula is C8H14O. The summed E-state index contributed by atoms with van der Waals surface area (Å²) in [5, 5.41) is 0. The van der Waals surface area contributed by atoms with Crippen LogP contribution >= 0.6 is 0 Å². The van der Waals surface area contributed by atoms with Gasteiger partial charge in [-0.05, 0) is 25.7 Å². The average Bonchev–Trinajstić information content (AvgIpc) is 1.73. The molecule has 2 aliphatic heterocycles. The lowest BCUT2D eigenvalue weighted by molar-refractivity contribution is -0.245. The van der Waals surface area contributed by atoms with Crippen LogP contribution in [-0.2, 0) is 4.74 Å². The molecule has 0 aromatic heterocycles. The molecule has 3 fully saturated rings. The fourth-order valence-corrected chi connectivity index (χ4v) is 1.98. The van der Waals surface area contributed by atoms with E-state index in [1.807, 2.05) is 0 Å². The van der Waals surface area contributed by atoms with Crippen molar-refractivity contribution in [3.63, 3.8) is 0 Å². The fraction of sp³-hybridized carbons (Fsp3) is 1.00. The van der Waals surface area contributed by atoms with Crippen LogP contribution in [0.5, 0.6) is 0 Å². The lowest BCUT2D eigenvalue weighted by atomic mass is 9.73. The molecule has 1 aliphatic carbocycles. The summed E-state index contributed by atoms with van der Waals surface area (Å²) >= 11 is 0. The molecule has 0 radical (unpaired) electrons. The highest BCUT2D eigenvalue weighted by Gasteiger charge is 2.47. The van der Waals surface area contributed by atoms with Gasteiger partial charge in [0.2, 0.25) is 0 Å². The summed E-state index contributed by atoms with van der Waals surface area (Å²) in [7, 11) is 0. The van der Waals surface area contributed by atoms with Crippen LogP contribution in [-0.4, -0.2) is 11.7 Å². The third-order valence-corrected chi connectivity index (χ3v) is 2.83. The van der Waals surface area contributed by atoms with Gasteiger partial charge in [0.25, 0.3) is 0 Å². The minimum Gasteiger partial charge on any atom is -0.372 e. The molecule has 3 unspecified atom stereocenters. The van der Waals surface area contributed by atoms with E-state index >= 15 is 0 Å². The second-order valence-electron chi connectivity index (χ2n) is 3.83. The molecule has 2 heterocycles. The van der Waals surface area contributed by atoms with Crippen LogP contribution < -0.4 is 0 Å². The van der Waals surface area contributed by atoms with Gasteiger partial charge in [-0.1, -0.05) is 6.92 Å². The number of hydrogen-bond donors (Lipinski definition) is 0. The molecule has 52 valence electrons. The zero-order chi connectivity index (χ0) is 6.48. The number of hydrogen-bond acceptors (Lipinski definition) is 1. The van der Waals surface area contributed by atoms with E-state index < -0.39 is 0 Å². The quantitative estimate of drug-likeness (QED) is 0.482. The van der Waals surface area contributed by atoms with E-state index in [2.05, 4.69) is 13.8 Å². The molecule has 3 aliphatic rings. The van der Waals surface area contributed by atoms with Crippen LogP contribution in [0.3, 0.4) is 0 Å². The Morgan fingerprint density at radius 3 is 2.56 bits per heavy atom. The Balaban J connectivity index is 2.05. The predicted octanol–water partition coefficient (Wildman–Crippen LogP) is 1.96. The zero-order valence-electron chi connectivity index (χ0n) is 6.18. The average molecular weight is 126 g/mol. The minimum atomic E-state index is 0.303. The Morgan fingerprint density at radius 2 is 2.22 bits per heavy atom. The molecule has 2 bridgehead atoms. The van der Waals surface area contributed by atoms with Crippen LogP contribution in [0.1, 0.15) is 33.1 Å². The first-order valence-corrected chi connectivity index (χ1v) is 3.87. The normalized spacial score (nSPS) is 56.7. The molecule has 0 aromatic rings. The summed E-state index contributed by atoms with van der Waals surface area (Å²) in [6.45, 7) is 4.53. The van der Waals surface area contributed by atoms with Crippen molar-refractivity contribution < 1.29 is 4.74 Å². The molecular weight excluding hydrogens is 112 g/mol. The van der Waals surface area contributed by atoms with Crippen LogP contribution in [0.15, 0.2) is 0 Å². The number of ether oxygens (including phenoxy) is 1. The summed E-state index contributed by atoms with van der Waals surface area (Å²) < 4.78 is 5.67. The van der Waals surface area contributed by atoms with E-state index in [-0.39, 0.29) is 0 Å². The monoisotopic (exact) mass is 126 g/mol. The van der Waals surface area contributed by atoms with Crippen molar-refractivity contribution in [1.82, 2.24) is 0 Å². The fourth-order valence-electron chi connectivity index (χ4n) is 1.98. The standard InChI is InChI=1S/C8H14O/c1-6-3-4-8(2)5-7(6)9-8/h6-7H,3-5H2,1-2H3. The summed E-state index contributed by atoms with van der Waals surface area (Å²) in [4.78, 5) is 0. The summed E-state index contributed by atoms with van der Waals surface area (Å²) in [6.07, 6.45) is 4.59. The molecule has 1 nitrogen and oxygen atoms in total. The highest BCUT2D eigenvalue weighted by atomic mass is 16.5. The maximum absolute atomic E-state index is 5.67. The van der Waals surface area contributed by atoms with E-state index in [0.29, 0.717) is 11.7 Å². The van der Waals surface area contributed by atoms with Crippen LogP contribution in [0, 0.1) is 5.92 Å². The Kier molecular flexibility index (Phi) is 0.963. The summed E-state index contributed by atoms with van der Waals surface area (Å²) in [5.41, 5.74) is 0.303. The Labute approximate surface area is 56.4 Å². The zero-order valence-corrected chi connectivity index (χ0v) is 6.18. The van der Waals surface area contributed by atoms with Crippen LogP contribution in [0.4, 0.5) is 0 Å². The van der Waals surface area contributed by atoms with Gasteiger partial charge < -0.3 is 4.74 Å². The van der Waals surface area contributed by atoms with E-state index in [4.69, 9.17) is 4.74 Å². The van der Waals surface area contributed by atoms with Gasteiger partial charge in [0.05, 0.1) is 11.7 Å². The Morgan fingerprint density at radius 1 is 1.56 bits per heavy atom. The predicted molar refractivity (Wildman–Crippen MR) is 36.3 cm³/mol. The lowest BCUT2D eigenvalue weighted by Gasteiger charge is -2.53. The first-order chi connectivity index (χ1) is 4.20. The van der Waals surface area contributed by atoms with Crippen molar-refractivity contribution in [2.24, 2.45) is 5.92 Å². The molecule has 0 N–H and O–H groups in total. The van der Waals surface area contributed by atoms with Crippen LogP contribution in [0.25, 0.3) is 0 Å². The van der Waals surface area contributed by atoms with Gasteiger partial charge in [-0.3, -0.25) is 0 Å². The highest BCUT2D eigenvalue weighted by molar-refractivity contribution is 4.97. The van der Waals surface area contributed by atoms with Crippen molar-refractivity contribution >= 4 is 0 Å². The van der Waals surface area contributed by atoms with Gasteiger partial charge in [-0.15, -0.1) is 0 Å². The van der Waals surface area contributed by atoms with Gasteiger partial charge in [-0.2, -0.15) is 0 Å². The van der Waals surface area contributed by atoms with E-state index in [0.717, 1.165) is 5.92 Å². The molecule has 0 aromatic carbocycles. The minimum absolute atomic E-state index is 0.303. The smallest absolute Gasteiger partial charge is 0.0683 e. The van der Waals surface area contributed by atoms with Crippen molar-refractivity contribution in [2.75, 3.05) is 0 Å². The SMILES string of the molecule is CC1CCC2(C)CC1O2. The Hall–Kier alpha value is -0.0400. The molecule has 1 saturated carbocycles. The van der Waals surface area contributed by atoms with Gasteiger partial charge >= 0.3 is 0 Å². The lowest BCUT2D eigenvalue weighted by Crippen LogP contribution is -2.55. The molecule has 2 saturated heterocycles. The van der Waals surface area contributed by atoms with Crippen molar-refractivity contribution in [2.45, 2.75) is 44.8 Å². The molecule has 0 amide bonds. The van der Waals surface area contributed by atoms with Gasteiger partial charge in [-0.25, -0.2) is 0 Å². The molecule has 0 spiro atoms. The van der Waals surface area contributed by atoms with E-state index in [9.17, 15) is 0 Å². The highest BCUT2D eigenvalue weighted by Crippen LogP contribution is 2.46. The number of rotatable bonds is 0. The molecule has 3 rings (SSSR count). The topological polar surface area (TPSA) is 9.23 Å². The molecule has 9 heavy (non-hydrogen) atoms. The first-order valence-electron chi connectivity index (χ1n) is 3.87. The van der Waals surface area contributed by atoms with Crippen molar-refractivity contribution in [3.05, 3.63) is 0 Å². The maximum atomic E-state index is 5.67. The van der Waals surface area contributed by atoms with E-state index in [1.165, 1.54) is 19.3 Å². The maximum Gasteiger partial charge on any atom is 0.0683 e. The summed E-state index contributed by atoms with van der Waals surface area (Å²) in [5.74, 6) is 0.826. The second-order valence-corrected chi connectivity index (χ2v) is 3.83.